The number of rotatable bonds is 5. The SMILES string of the molecule is CC(O)CNC(O)c1cc2cc(S(N)(=O)=O)sc2s1.Cl. The van der Waals surface area contributed by atoms with E-state index in [-0.39, 0.29) is 23.2 Å². The molecular weight excluding hydrogens is 344 g/mol. The second kappa shape index (κ2) is 6.67. The number of hydrogen-bond acceptors (Lipinski definition) is 7. The Labute approximate surface area is 130 Å². The fraction of sp³-hybridized carbons (Fsp3) is 0.400. The molecule has 0 fully saturated rings. The summed E-state index contributed by atoms with van der Waals surface area (Å²) < 4.78 is 23.3. The van der Waals surface area contributed by atoms with Gasteiger partial charge in [-0.1, -0.05) is 0 Å². The topological polar surface area (TPSA) is 113 Å². The number of nitrogens with one attached hydrogen (secondary N) is 1. The quantitative estimate of drug-likeness (QED) is 0.595. The average molecular weight is 359 g/mol. The van der Waals surface area contributed by atoms with Gasteiger partial charge in [-0.25, -0.2) is 13.6 Å². The Kier molecular flexibility index (Phi) is 5.93. The molecule has 0 bridgehead atoms. The van der Waals surface area contributed by atoms with E-state index >= 15 is 0 Å². The number of hydrogen-bond donors (Lipinski definition) is 4. The first-order chi connectivity index (χ1) is 8.77. The third kappa shape index (κ3) is 4.12. The summed E-state index contributed by atoms with van der Waals surface area (Å²) in [5.74, 6) is 0. The Morgan fingerprint density at radius 2 is 2.00 bits per heavy atom. The molecule has 0 radical (unpaired) electrons. The van der Waals surface area contributed by atoms with Gasteiger partial charge in [-0.3, -0.25) is 5.32 Å². The van der Waals surface area contributed by atoms with Gasteiger partial charge < -0.3 is 10.2 Å². The minimum atomic E-state index is -3.68. The Bertz CT molecular complexity index is 648. The molecule has 0 aliphatic heterocycles. The highest BCUT2D eigenvalue weighted by molar-refractivity contribution is 7.91. The zero-order valence-electron chi connectivity index (χ0n) is 10.4. The smallest absolute Gasteiger partial charge is 0.247 e. The van der Waals surface area contributed by atoms with Crippen LogP contribution in [0.4, 0.5) is 0 Å². The van der Waals surface area contributed by atoms with Crippen LogP contribution in [0, 0.1) is 0 Å². The zero-order chi connectivity index (χ0) is 14.2. The lowest BCUT2D eigenvalue weighted by molar-refractivity contribution is 0.111. The Morgan fingerprint density at radius 3 is 2.50 bits per heavy atom. The van der Waals surface area contributed by atoms with E-state index in [1.807, 2.05) is 0 Å². The van der Waals surface area contributed by atoms with Crippen LogP contribution in [0.25, 0.3) is 9.40 Å². The molecule has 0 aromatic carbocycles. The van der Waals surface area contributed by atoms with Crippen LogP contribution in [0.5, 0.6) is 0 Å². The molecule has 2 atom stereocenters. The second-order valence-corrected chi connectivity index (χ2v) is 8.34. The van der Waals surface area contributed by atoms with Crippen LogP contribution in [-0.4, -0.2) is 31.3 Å². The number of fused-ring (bicyclic) bond motifs is 1. The predicted molar refractivity (Wildman–Crippen MR) is 83.0 cm³/mol. The maximum Gasteiger partial charge on any atom is 0.247 e. The van der Waals surface area contributed by atoms with Gasteiger partial charge in [0.05, 0.1) is 10.1 Å². The molecular formula is C10H15ClN2O4S3. The average Bonchev–Trinajstić information content (AvgIpc) is 2.81. The monoisotopic (exact) mass is 358 g/mol. The molecule has 114 valence electrons. The summed E-state index contributed by atoms with van der Waals surface area (Å²) in [6, 6.07) is 3.21. The van der Waals surface area contributed by atoms with Crippen molar-refractivity contribution in [2.45, 2.75) is 23.5 Å². The fourth-order valence-corrected chi connectivity index (χ4v) is 4.82. The number of halogens is 1. The van der Waals surface area contributed by atoms with Crippen LogP contribution in [0.15, 0.2) is 16.3 Å². The van der Waals surface area contributed by atoms with Gasteiger partial charge >= 0.3 is 0 Å². The Balaban J connectivity index is 0.00000200. The van der Waals surface area contributed by atoms with E-state index in [0.717, 1.165) is 20.7 Å². The highest BCUT2D eigenvalue weighted by atomic mass is 35.5. The summed E-state index contributed by atoms with van der Waals surface area (Å²) in [6.07, 6.45) is -1.43. The predicted octanol–water partition coefficient (Wildman–Crippen LogP) is 0.993. The lowest BCUT2D eigenvalue weighted by Crippen LogP contribution is -2.28. The minimum Gasteiger partial charge on any atom is -0.392 e. The number of aliphatic hydroxyl groups excluding tert-OH is 2. The highest BCUT2D eigenvalue weighted by Gasteiger charge is 2.17. The van der Waals surface area contributed by atoms with Gasteiger partial charge in [0.1, 0.15) is 10.4 Å². The van der Waals surface area contributed by atoms with Crippen LogP contribution in [-0.2, 0) is 10.0 Å². The largest absolute Gasteiger partial charge is 0.392 e. The van der Waals surface area contributed by atoms with Gasteiger partial charge in [0, 0.05) is 16.8 Å². The van der Waals surface area contributed by atoms with Crippen molar-refractivity contribution in [2.24, 2.45) is 5.14 Å². The summed E-state index contributed by atoms with van der Waals surface area (Å²) in [6.45, 7) is 1.89. The van der Waals surface area contributed by atoms with E-state index in [1.54, 1.807) is 13.0 Å². The molecule has 0 saturated carbocycles. The molecule has 0 spiro atoms. The van der Waals surface area contributed by atoms with Gasteiger partial charge in [0.2, 0.25) is 10.0 Å². The van der Waals surface area contributed by atoms with E-state index in [2.05, 4.69) is 5.32 Å². The van der Waals surface area contributed by atoms with Crippen molar-refractivity contribution in [3.05, 3.63) is 17.0 Å². The molecule has 0 aliphatic rings. The Morgan fingerprint density at radius 1 is 1.35 bits per heavy atom. The van der Waals surface area contributed by atoms with E-state index < -0.39 is 22.4 Å². The van der Waals surface area contributed by atoms with Crippen LogP contribution in [0.3, 0.4) is 0 Å². The summed E-state index contributed by atoms with van der Waals surface area (Å²) in [4.78, 5) is 0.669. The van der Waals surface area contributed by atoms with Crippen molar-refractivity contribution in [1.82, 2.24) is 5.32 Å². The molecule has 6 nitrogen and oxygen atoms in total. The molecule has 10 heteroatoms. The normalized spacial score (nSPS) is 15.0. The van der Waals surface area contributed by atoms with Crippen LogP contribution in [0.1, 0.15) is 18.0 Å². The number of aliphatic hydroxyl groups is 2. The zero-order valence-corrected chi connectivity index (χ0v) is 13.7. The lowest BCUT2D eigenvalue weighted by Gasteiger charge is -2.12. The number of nitrogens with two attached hydrogens (primary N) is 1. The van der Waals surface area contributed by atoms with E-state index in [0.29, 0.717) is 4.88 Å². The molecule has 20 heavy (non-hydrogen) atoms. The summed E-state index contributed by atoms with van der Waals surface area (Å²) in [5.41, 5.74) is 0. The molecule has 0 amide bonds. The van der Waals surface area contributed by atoms with E-state index in [4.69, 9.17) is 10.2 Å². The first-order valence-corrected chi connectivity index (χ1v) is 8.61. The Hall–Kier alpha value is -0.260. The first kappa shape index (κ1) is 17.8. The van der Waals surface area contributed by atoms with E-state index in [1.165, 1.54) is 17.4 Å². The third-order valence-electron chi connectivity index (χ3n) is 2.37. The maximum absolute atomic E-state index is 11.2. The van der Waals surface area contributed by atoms with Crippen molar-refractivity contribution < 1.29 is 18.6 Å². The van der Waals surface area contributed by atoms with Gasteiger partial charge in [0.15, 0.2) is 0 Å². The van der Waals surface area contributed by atoms with E-state index in [9.17, 15) is 13.5 Å². The van der Waals surface area contributed by atoms with Gasteiger partial charge in [-0.2, -0.15) is 0 Å². The summed E-state index contributed by atoms with van der Waals surface area (Å²) in [7, 11) is -3.68. The van der Waals surface area contributed by atoms with Crippen LogP contribution >= 0.6 is 35.1 Å². The molecule has 5 N–H and O–H groups in total. The first-order valence-electron chi connectivity index (χ1n) is 5.43. The molecule has 2 aromatic heterocycles. The van der Waals surface area contributed by atoms with Crippen molar-refractivity contribution in [1.29, 1.82) is 0 Å². The third-order valence-corrected chi connectivity index (χ3v) is 6.23. The second-order valence-electron chi connectivity index (χ2n) is 4.16. The van der Waals surface area contributed by atoms with Crippen LogP contribution < -0.4 is 10.5 Å². The van der Waals surface area contributed by atoms with Crippen molar-refractivity contribution in [2.75, 3.05) is 6.54 Å². The standard InChI is InChI=1S/C10H14N2O4S3.ClH/c1-5(13)4-12-9(14)7-2-6-3-8(19(11,15)16)18-10(6)17-7;/h2-3,5,9,12-14H,4H2,1H3,(H2,11,15,16);1H. The van der Waals surface area contributed by atoms with Gasteiger partial charge in [0.25, 0.3) is 0 Å². The summed E-state index contributed by atoms with van der Waals surface area (Å²) in [5, 5.41) is 27.6. The number of sulfonamides is 1. The highest BCUT2D eigenvalue weighted by Crippen LogP contribution is 2.36. The van der Waals surface area contributed by atoms with Crippen molar-refractivity contribution in [3.63, 3.8) is 0 Å². The fourth-order valence-electron chi connectivity index (χ4n) is 1.49. The molecule has 2 heterocycles. The van der Waals surface area contributed by atoms with Gasteiger partial charge in [-0.15, -0.1) is 35.1 Å². The molecule has 2 rings (SSSR count). The molecule has 0 saturated heterocycles. The molecule has 0 aliphatic carbocycles. The van der Waals surface area contributed by atoms with Crippen molar-refractivity contribution >= 4 is 54.5 Å². The molecule has 2 unspecified atom stereocenters. The maximum atomic E-state index is 11.2. The number of primary sulfonamides is 1. The van der Waals surface area contributed by atoms with Crippen molar-refractivity contribution in [3.8, 4) is 0 Å². The number of thiophene rings is 2. The lowest BCUT2D eigenvalue weighted by atomic mass is 10.3. The molecule has 2 aromatic rings. The van der Waals surface area contributed by atoms with Crippen LogP contribution in [0.2, 0.25) is 0 Å². The minimum absolute atomic E-state index is 0. The summed E-state index contributed by atoms with van der Waals surface area (Å²) >= 11 is 2.38. The van der Waals surface area contributed by atoms with Gasteiger partial charge in [-0.05, 0) is 19.1 Å².